The van der Waals surface area contributed by atoms with E-state index in [1.165, 1.54) is 70.6 Å². The van der Waals surface area contributed by atoms with Gasteiger partial charge in [-0.2, -0.15) is 0 Å². The number of rotatable bonds is 37. The molecule has 0 saturated heterocycles. The van der Waals surface area contributed by atoms with Gasteiger partial charge in [0.2, 0.25) is 0 Å². The predicted octanol–water partition coefficient (Wildman–Crippen LogP) is 10.3. The normalized spacial score (nSPS) is 14.6. The number of carboxylic acids is 1. The van der Waals surface area contributed by atoms with Crippen molar-refractivity contribution >= 4 is 19.8 Å². The summed E-state index contributed by atoms with van der Waals surface area (Å²) in [5.41, 5.74) is 5.34. The first-order chi connectivity index (χ1) is 24.7. The fourth-order valence-corrected chi connectivity index (χ4v) is 5.84. The van der Waals surface area contributed by atoms with E-state index in [1.807, 2.05) is 0 Å². The van der Waals surface area contributed by atoms with Gasteiger partial charge >= 0.3 is 19.8 Å². The summed E-state index contributed by atoms with van der Waals surface area (Å²) in [6.45, 7) is 3.70. The third kappa shape index (κ3) is 36.1. The number of carbonyl (C=O) groups excluding carboxylic acids is 1. The second kappa shape index (κ2) is 36.3. The van der Waals surface area contributed by atoms with Gasteiger partial charge in [0.1, 0.15) is 12.1 Å². The highest BCUT2D eigenvalue weighted by molar-refractivity contribution is 7.47. The van der Waals surface area contributed by atoms with Crippen molar-refractivity contribution in [1.29, 1.82) is 0 Å². The van der Waals surface area contributed by atoms with E-state index in [0.717, 1.165) is 57.8 Å². The third-order valence-corrected chi connectivity index (χ3v) is 9.07. The van der Waals surface area contributed by atoms with Gasteiger partial charge in [-0.05, 0) is 51.4 Å². The number of hydrogen-bond donors (Lipinski definition) is 3. The Morgan fingerprint density at radius 2 is 1.14 bits per heavy atom. The Morgan fingerprint density at radius 1 is 0.647 bits per heavy atom. The molecule has 0 aliphatic heterocycles. The number of phosphoric acid groups is 1. The van der Waals surface area contributed by atoms with Crippen molar-refractivity contribution in [3.05, 3.63) is 48.6 Å². The van der Waals surface area contributed by atoms with E-state index in [2.05, 4.69) is 67.0 Å². The molecule has 0 fully saturated rings. The van der Waals surface area contributed by atoms with Crippen LogP contribution < -0.4 is 5.73 Å². The summed E-state index contributed by atoms with van der Waals surface area (Å²) in [5.74, 6) is -1.82. The Hall–Kier alpha value is -2.07. The first-order valence-corrected chi connectivity index (χ1v) is 21.2. The number of phosphoric ester groups is 1. The summed E-state index contributed by atoms with van der Waals surface area (Å²) in [6.07, 6.45) is 40.2. The second-order valence-corrected chi connectivity index (χ2v) is 14.5. The van der Waals surface area contributed by atoms with E-state index in [9.17, 15) is 19.0 Å². The van der Waals surface area contributed by atoms with Crippen LogP contribution in [0.5, 0.6) is 0 Å². The molecule has 0 radical (unpaired) electrons. The molecule has 3 unspecified atom stereocenters. The molecule has 0 aliphatic carbocycles. The van der Waals surface area contributed by atoms with Crippen LogP contribution in [0.4, 0.5) is 0 Å². The van der Waals surface area contributed by atoms with Gasteiger partial charge in [0.05, 0.1) is 19.8 Å². The minimum atomic E-state index is -4.62. The zero-order valence-corrected chi connectivity index (χ0v) is 32.8. The van der Waals surface area contributed by atoms with Crippen molar-refractivity contribution < 1.29 is 42.7 Å². The Balaban J connectivity index is 4.37. The number of unbranched alkanes of at least 4 members (excludes halogenated alkanes) is 15. The number of allylic oxidation sites excluding steroid dienone is 8. The van der Waals surface area contributed by atoms with E-state index in [-0.39, 0.29) is 13.0 Å². The molecule has 0 aromatic heterocycles. The van der Waals surface area contributed by atoms with Crippen molar-refractivity contribution in [2.24, 2.45) is 5.73 Å². The Bertz CT molecular complexity index is 998. The summed E-state index contributed by atoms with van der Waals surface area (Å²) in [6, 6.07) is -1.48. The maximum absolute atomic E-state index is 12.6. The van der Waals surface area contributed by atoms with Gasteiger partial charge in [0.25, 0.3) is 0 Å². The molecule has 0 saturated carbocycles. The van der Waals surface area contributed by atoms with E-state index >= 15 is 0 Å². The molecule has 3 atom stereocenters. The smallest absolute Gasteiger partial charge is 0.472 e. The second-order valence-electron chi connectivity index (χ2n) is 13.0. The molecule has 0 amide bonds. The van der Waals surface area contributed by atoms with Gasteiger partial charge in [0.15, 0.2) is 0 Å². The first-order valence-electron chi connectivity index (χ1n) is 19.7. The van der Waals surface area contributed by atoms with E-state index in [4.69, 9.17) is 24.8 Å². The van der Waals surface area contributed by atoms with Crippen LogP contribution in [0.2, 0.25) is 0 Å². The average molecular weight is 742 g/mol. The zero-order chi connectivity index (χ0) is 37.7. The van der Waals surface area contributed by atoms with Gasteiger partial charge in [-0.25, -0.2) is 4.57 Å². The number of nitrogens with two attached hydrogens (primary N) is 1. The van der Waals surface area contributed by atoms with E-state index in [0.29, 0.717) is 13.0 Å². The Morgan fingerprint density at radius 3 is 1.67 bits per heavy atom. The number of aliphatic carboxylic acids is 1. The van der Waals surface area contributed by atoms with Crippen molar-refractivity contribution in [2.75, 3.05) is 26.4 Å². The molecule has 4 N–H and O–H groups in total. The van der Waals surface area contributed by atoms with Crippen LogP contribution in [-0.4, -0.2) is 60.5 Å². The molecular weight excluding hydrogens is 669 g/mol. The lowest BCUT2D eigenvalue weighted by Crippen LogP contribution is -2.34. The largest absolute Gasteiger partial charge is 0.480 e. The lowest BCUT2D eigenvalue weighted by Gasteiger charge is -2.20. The van der Waals surface area contributed by atoms with E-state index in [1.54, 1.807) is 0 Å². The summed E-state index contributed by atoms with van der Waals surface area (Å²) < 4.78 is 33.2. The number of hydrogen-bond acceptors (Lipinski definition) is 8. The fourth-order valence-electron chi connectivity index (χ4n) is 5.06. The van der Waals surface area contributed by atoms with Gasteiger partial charge in [-0.15, -0.1) is 0 Å². The molecule has 51 heavy (non-hydrogen) atoms. The number of carbonyl (C=O) groups is 2. The molecule has 0 aromatic rings. The summed E-state index contributed by atoms with van der Waals surface area (Å²) in [5, 5.41) is 8.87. The van der Waals surface area contributed by atoms with Crippen molar-refractivity contribution in [1.82, 2.24) is 0 Å². The lowest BCUT2D eigenvalue weighted by molar-refractivity contribution is -0.154. The van der Waals surface area contributed by atoms with Crippen LogP contribution in [0.15, 0.2) is 48.6 Å². The van der Waals surface area contributed by atoms with Gasteiger partial charge in [0, 0.05) is 13.0 Å². The molecule has 0 spiro atoms. The van der Waals surface area contributed by atoms with Crippen LogP contribution in [-0.2, 0) is 32.7 Å². The molecule has 0 heterocycles. The lowest BCUT2D eigenvalue weighted by atomic mass is 10.0. The molecule has 0 aromatic carbocycles. The molecule has 10 nitrogen and oxygen atoms in total. The van der Waals surface area contributed by atoms with Crippen LogP contribution >= 0.6 is 7.82 Å². The minimum absolute atomic E-state index is 0.000770. The van der Waals surface area contributed by atoms with Crippen LogP contribution in [0.25, 0.3) is 0 Å². The van der Waals surface area contributed by atoms with E-state index < -0.39 is 45.1 Å². The maximum atomic E-state index is 12.6. The van der Waals surface area contributed by atoms with Crippen LogP contribution in [0.3, 0.4) is 0 Å². The number of carboxylic acid groups (broad SMARTS) is 1. The summed E-state index contributed by atoms with van der Waals surface area (Å²) in [4.78, 5) is 33.4. The first kappa shape index (κ1) is 48.9. The highest BCUT2D eigenvalue weighted by Gasteiger charge is 2.27. The Kier molecular flexibility index (Phi) is 34.8. The Labute approximate surface area is 309 Å². The molecular formula is C40H72NO9P. The van der Waals surface area contributed by atoms with Crippen LogP contribution in [0, 0.1) is 0 Å². The zero-order valence-electron chi connectivity index (χ0n) is 31.9. The number of ether oxygens (including phenoxy) is 2. The summed E-state index contributed by atoms with van der Waals surface area (Å²) in [7, 11) is -4.62. The monoisotopic (exact) mass is 741 g/mol. The molecule has 0 aliphatic rings. The average Bonchev–Trinajstić information content (AvgIpc) is 3.10. The van der Waals surface area contributed by atoms with Crippen LogP contribution in [0.1, 0.15) is 155 Å². The van der Waals surface area contributed by atoms with Gasteiger partial charge < -0.3 is 25.2 Å². The standard InChI is InChI=1S/C40H72NO9P/c1-3-5-7-9-11-13-15-17-19-20-22-24-26-28-30-32-39(42)50-37(35-48-51(45,46)49-36-38(41)40(43)44)34-47-33-31-29-27-25-23-21-18-16-14-12-10-8-6-4-2/h5,7,11,13,17,19,22,24,37-38H,3-4,6,8-10,12,14-16,18,20-21,23,25-36,41H2,1-2H3,(H,43,44)(H,45,46)/b7-5-,13-11-,19-17-,24-22-. The number of esters is 1. The SMILES string of the molecule is CC/C=C\C/C=C\C/C=C\C/C=C\CCCCC(=O)OC(COCCCCCCCCCCCCCCCC)COP(=O)(O)OCC(N)C(=O)O. The van der Waals surface area contributed by atoms with Crippen molar-refractivity contribution in [3.63, 3.8) is 0 Å². The summed E-state index contributed by atoms with van der Waals surface area (Å²) >= 11 is 0. The topological polar surface area (TPSA) is 155 Å². The molecule has 0 rings (SSSR count). The van der Waals surface area contributed by atoms with Gasteiger partial charge in [-0.3, -0.25) is 18.6 Å². The molecule has 11 heteroatoms. The van der Waals surface area contributed by atoms with Crippen molar-refractivity contribution in [3.8, 4) is 0 Å². The fraction of sp³-hybridized carbons (Fsp3) is 0.750. The predicted molar refractivity (Wildman–Crippen MR) is 208 cm³/mol. The quantitative estimate of drug-likeness (QED) is 0.0242. The molecule has 0 bridgehead atoms. The van der Waals surface area contributed by atoms with Crippen molar-refractivity contribution in [2.45, 2.75) is 167 Å². The maximum Gasteiger partial charge on any atom is 0.472 e. The highest BCUT2D eigenvalue weighted by Crippen LogP contribution is 2.43. The van der Waals surface area contributed by atoms with Gasteiger partial charge in [-0.1, -0.05) is 146 Å². The minimum Gasteiger partial charge on any atom is -0.480 e. The highest BCUT2D eigenvalue weighted by atomic mass is 31.2. The molecule has 296 valence electrons. The third-order valence-electron chi connectivity index (χ3n) is 8.12.